The second-order valence-corrected chi connectivity index (χ2v) is 7.65. The number of rotatable bonds is 8. The molecule has 1 aliphatic heterocycles. The van der Waals surface area contributed by atoms with Crippen molar-refractivity contribution >= 4 is 11.8 Å². The molecule has 0 aromatic heterocycles. The van der Waals surface area contributed by atoms with Crippen LogP contribution < -0.4 is 10.6 Å². The van der Waals surface area contributed by atoms with Crippen molar-refractivity contribution in [2.75, 3.05) is 39.3 Å². The lowest BCUT2D eigenvalue weighted by Gasteiger charge is -2.34. The lowest BCUT2D eigenvalue weighted by Crippen LogP contribution is -2.52. The molecule has 2 N–H and O–H groups in total. The second kappa shape index (κ2) is 10.5. The van der Waals surface area contributed by atoms with Crippen molar-refractivity contribution in [2.24, 2.45) is 0 Å². The molecule has 0 bridgehead atoms. The molecule has 0 aliphatic carbocycles. The summed E-state index contributed by atoms with van der Waals surface area (Å²) < 4.78 is 27.4. The first-order valence-electron chi connectivity index (χ1n) is 9.71. The second-order valence-electron chi connectivity index (χ2n) is 7.65. The fraction of sp³-hybridized carbons (Fsp3) is 0.600. The average molecular weight is 396 g/mol. The minimum Gasteiger partial charge on any atom is -0.353 e. The first-order chi connectivity index (χ1) is 13.2. The van der Waals surface area contributed by atoms with Crippen molar-refractivity contribution in [3.05, 3.63) is 35.4 Å². The van der Waals surface area contributed by atoms with E-state index in [1.165, 1.54) is 18.2 Å². The van der Waals surface area contributed by atoms with E-state index in [1.807, 2.05) is 18.7 Å². The van der Waals surface area contributed by atoms with Gasteiger partial charge in [0.05, 0.1) is 13.1 Å². The highest BCUT2D eigenvalue weighted by molar-refractivity contribution is 5.79. The quantitative estimate of drug-likeness (QED) is 0.692. The van der Waals surface area contributed by atoms with E-state index < -0.39 is 11.6 Å². The summed E-state index contributed by atoms with van der Waals surface area (Å²) in [5.74, 6) is -1.36. The zero-order chi connectivity index (χ0) is 20.7. The predicted molar refractivity (Wildman–Crippen MR) is 104 cm³/mol. The Labute approximate surface area is 165 Å². The van der Waals surface area contributed by atoms with Crippen molar-refractivity contribution < 1.29 is 18.4 Å². The molecule has 0 radical (unpaired) electrons. The zero-order valence-electron chi connectivity index (χ0n) is 16.8. The smallest absolute Gasteiger partial charge is 0.234 e. The Balaban J connectivity index is 1.72. The highest BCUT2D eigenvalue weighted by atomic mass is 19.1. The van der Waals surface area contributed by atoms with Crippen LogP contribution in [0.1, 0.15) is 26.3 Å². The fourth-order valence-corrected chi connectivity index (χ4v) is 3.28. The topological polar surface area (TPSA) is 64.7 Å². The van der Waals surface area contributed by atoms with Crippen LogP contribution in [0.4, 0.5) is 8.78 Å². The number of nitrogens with one attached hydrogen (secondary N) is 2. The van der Waals surface area contributed by atoms with E-state index in [0.29, 0.717) is 19.6 Å². The van der Waals surface area contributed by atoms with Crippen molar-refractivity contribution in [1.29, 1.82) is 0 Å². The lowest BCUT2D eigenvalue weighted by atomic mass is 10.1. The Hall–Kier alpha value is -2.06. The molecule has 8 heteroatoms. The molecule has 2 amide bonds. The zero-order valence-corrected chi connectivity index (χ0v) is 16.8. The van der Waals surface area contributed by atoms with E-state index in [2.05, 4.69) is 15.5 Å². The summed E-state index contributed by atoms with van der Waals surface area (Å²) >= 11 is 0. The number of halogens is 2. The number of benzene rings is 1. The maximum absolute atomic E-state index is 13.7. The van der Waals surface area contributed by atoms with Gasteiger partial charge in [-0.05, 0) is 39.3 Å². The summed E-state index contributed by atoms with van der Waals surface area (Å²) in [5, 5.41) is 5.67. The minimum absolute atomic E-state index is 0.00962. The lowest BCUT2D eigenvalue weighted by molar-refractivity contribution is -0.125. The van der Waals surface area contributed by atoms with Gasteiger partial charge in [0.1, 0.15) is 11.6 Å². The van der Waals surface area contributed by atoms with Gasteiger partial charge in [0.25, 0.3) is 0 Å². The van der Waals surface area contributed by atoms with Crippen LogP contribution in [0.15, 0.2) is 18.2 Å². The first kappa shape index (κ1) is 22.2. The molecule has 1 atom stereocenters. The molecule has 28 heavy (non-hydrogen) atoms. The van der Waals surface area contributed by atoms with Gasteiger partial charge >= 0.3 is 0 Å². The molecule has 1 aromatic rings. The van der Waals surface area contributed by atoms with Crippen LogP contribution in [0.5, 0.6) is 0 Å². The van der Waals surface area contributed by atoms with Gasteiger partial charge in [-0.2, -0.15) is 0 Å². The highest BCUT2D eigenvalue weighted by Crippen LogP contribution is 2.14. The van der Waals surface area contributed by atoms with Gasteiger partial charge in [-0.1, -0.05) is 6.07 Å². The van der Waals surface area contributed by atoms with Crippen molar-refractivity contribution in [3.8, 4) is 0 Å². The molecule has 1 saturated heterocycles. The summed E-state index contributed by atoms with van der Waals surface area (Å²) in [6, 6.07) is 3.50. The molecule has 1 unspecified atom stereocenters. The summed E-state index contributed by atoms with van der Waals surface area (Å²) in [4.78, 5) is 28.1. The van der Waals surface area contributed by atoms with Crippen molar-refractivity contribution in [3.63, 3.8) is 0 Å². The van der Waals surface area contributed by atoms with E-state index in [1.54, 1.807) is 6.92 Å². The van der Waals surface area contributed by atoms with E-state index in [4.69, 9.17) is 0 Å². The normalized spacial score (nSPS) is 16.8. The Kier molecular flexibility index (Phi) is 8.32. The third-order valence-corrected chi connectivity index (χ3v) is 4.63. The molecule has 2 rings (SSSR count). The van der Waals surface area contributed by atoms with Gasteiger partial charge in [0.15, 0.2) is 0 Å². The van der Waals surface area contributed by atoms with Crippen LogP contribution in [0.2, 0.25) is 0 Å². The van der Waals surface area contributed by atoms with Gasteiger partial charge in [0, 0.05) is 43.8 Å². The Bertz CT molecular complexity index is 656. The number of nitrogens with zero attached hydrogens (tertiary/aromatic N) is 2. The van der Waals surface area contributed by atoms with E-state index in [9.17, 15) is 18.4 Å². The van der Waals surface area contributed by atoms with Crippen LogP contribution in [0.25, 0.3) is 0 Å². The molecular formula is C20H30F2N4O2. The fourth-order valence-electron chi connectivity index (χ4n) is 3.28. The summed E-state index contributed by atoms with van der Waals surface area (Å²) in [7, 11) is 0. The van der Waals surface area contributed by atoms with E-state index >= 15 is 0 Å². The molecule has 1 aliphatic rings. The largest absolute Gasteiger partial charge is 0.353 e. The van der Waals surface area contributed by atoms with Crippen molar-refractivity contribution in [1.82, 2.24) is 20.4 Å². The van der Waals surface area contributed by atoms with Crippen LogP contribution in [-0.2, 0) is 16.0 Å². The third-order valence-electron chi connectivity index (χ3n) is 4.63. The van der Waals surface area contributed by atoms with Crippen molar-refractivity contribution in [2.45, 2.75) is 39.3 Å². The molecular weight excluding hydrogens is 366 g/mol. The number of carbonyl (C=O) groups excluding carboxylic acids is 2. The van der Waals surface area contributed by atoms with Gasteiger partial charge < -0.3 is 10.6 Å². The monoisotopic (exact) mass is 396 g/mol. The van der Waals surface area contributed by atoms with Gasteiger partial charge in [-0.15, -0.1) is 0 Å². The molecule has 0 saturated carbocycles. The first-order valence-corrected chi connectivity index (χ1v) is 9.71. The number of hydrogen-bond acceptors (Lipinski definition) is 4. The number of amides is 2. The third kappa shape index (κ3) is 7.16. The molecule has 0 spiro atoms. The van der Waals surface area contributed by atoms with Gasteiger partial charge in [-0.25, -0.2) is 8.78 Å². The highest BCUT2D eigenvalue weighted by Gasteiger charge is 2.21. The summed E-state index contributed by atoms with van der Waals surface area (Å²) in [6.45, 7) is 9.00. The SMILES string of the molecule is CC(C)NC(=O)CN1CCN(CC(=O)NC(C)Cc2c(F)cccc2F)CC1. The maximum Gasteiger partial charge on any atom is 0.234 e. The summed E-state index contributed by atoms with van der Waals surface area (Å²) in [6.07, 6.45) is 0.100. The molecule has 1 heterocycles. The standard InChI is InChI=1S/C20H30F2N4O2/c1-14(2)23-19(27)12-25-7-9-26(10-8-25)13-20(28)24-15(3)11-16-17(21)5-4-6-18(16)22/h4-6,14-15H,7-13H2,1-3H3,(H,23,27)(H,24,28). The Morgan fingerprint density at radius 2 is 1.39 bits per heavy atom. The predicted octanol–water partition coefficient (Wildman–Crippen LogP) is 1.15. The molecule has 1 fully saturated rings. The van der Waals surface area contributed by atoms with E-state index in [0.717, 1.165) is 13.1 Å². The van der Waals surface area contributed by atoms with Crippen LogP contribution >= 0.6 is 0 Å². The van der Waals surface area contributed by atoms with Gasteiger partial charge in [-0.3, -0.25) is 19.4 Å². The van der Waals surface area contributed by atoms with Crippen LogP contribution in [0.3, 0.4) is 0 Å². The number of piperazine rings is 1. The van der Waals surface area contributed by atoms with Gasteiger partial charge in [0.2, 0.25) is 11.8 Å². The maximum atomic E-state index is 13.7. The molecule has 1 aromatic carbocycles. The average Bonchev–Trinajstić information content (AvgIpc) is 2.59. The summed E-state index contributed by atoms with van der Waals surface area (Å²) in [5.41, 5.74) is -0.0106. The Morgan fingerprint density at radius 3 is 1.86 bits per heavy atom. The molecule has 6 nitrogen and oxygen atoms in total. The van der Waals surface area contributed by atoms with Crippen LogP contribution in [-0.4, -0.2) is 73.0 Å². The van der Waals surface area contributed by atoms with Crippen LogP contribution in [0, 0.1) is 11.6 Å². The number of carbonyl (C=O) groups is 2. The number of hydrogen-bond donors (Lipinski definition) is 2. The Morgan fingerprint density at radius 1 is 0.929 bits per heavy atom. The molecule has 156 valence electrons. The van der Waals surface area contributed by atoms with E-state index in [-0.39, 0.29) is 42.4 Å². The minimum atomic E-state index is -0.598.